The van der Waals surface area contributed by atoms with Crippen LogP contribution >= 0.6 is 0 Å². The van der Waals surface area contributed by atoms with Crippen molar-refractivity contribution in [2.45, 2.75) is 71.1 Å². The number of rotatable bonds is 2. The number of hydrogen-bond acceptors (Lipinski definition) is 3. The number of aliphatic hydroxyl groups excluding tert-OH is 1. The molecule has 0 aromatic rings. The first kappa shape index (κ1) is 14.3. The van der Waals surface area contributed by atoms with E-state index in [4.69, 9.17) is 4.74 Å². The van der Waals surface area contributed by atoms with E-state index in [9.17, 15) is 9.90 Å². The number of carbonyl (C=O) groups is 1. The third-order valence-corrected chi connectivity index (χ3v) is 2.96. The van der Waals surface area contributed by atoms with Gasteiger partial charge in [-0.1, -0.05) is 13.3 Å². The maximum atomic E-state index is 12.0. The number of hydrogen-bond donors (Lipinski definition) is 1. The third-order valence-electron chi connectivity index (χ3n) is 2.96. The zero-order chi connectivity index (χ0) is 13.1. The highest BCUT2D eigenvalue weighted by Gasteiger charge is 2.34. The van der Waals surface area contributed by atoms with Gasteiger partial charge in [-0.15, -0.1) is 0 Å². The Morgan fingerprint density at radius 3 is 2.65 bits per heavy atom. The van der Waals surface area contributed by atoms with E-state index in [0.717, 1.165) is 25.7 Å². The van der Waals surface area contributed by atoms with Crippen LogP contribution in [0.25, 0.3) is 0 Å². The van der Waals surface area contributed by atoms with E-state index in [-0.39, 0.29) is 12.1 Å². The normalized spacial score (nSPS) is 25.8. The molecule has 1 fully saturated rings. The van der Waals surface area contributed by atoms with Crippen molar-refractivity contribution in [1.82, 2.24) is 4.90 Å². The topological polar surface area (TPSA) is 49.8 Å². The Labute approximate surface area is 104 Å². The number of carbonyl (C=O) groups excluding carboxylic acids is 1. The molecule has 17 heavy (non-hydrogen) atoms. The summed E-state index contributed by atoms with van der Waals surface area (Å²) in [6, 6.07) is -0.0800. The van der Waals surface area contributed by atoms with Crippen LogP contribution in [0, 0.1) is 0 Å². The van der Waals surface area contributed by atoms with Crippen LogP contribution in [-0.2, 0) is 4.74 Å². The molecule has 0 aromatic carbocycles. The molecular weight excluding hydrogens is 218 g/mol. The average Bonchev–Trinajstić information content (AvgIpc) is 2.18. The predicted molar refractivity (Wildman–Crippen MR) is 66.9 cm³/mol. The molecule has 0 saturated carbocycles. The van der Waals surface area contributed by atoms with Crippen LogP contribution in [0.2, 0.25) is 0 Å². The summed E-state index contributed by atoms with van der Waals surface area (Å²) >= 11 is 0. The van der Waals surface area contributed by atoms with E-state index in [1.807, 2.05) is 20.8 Å². The Kier molecular flexibility index (Phi) is 4.80. The van der Waals surface area contributed by atoms with Crippen molar-refractivity contribution >= 4 is 6.09 Å². The molecule has 100 valence electrons. The Bertz CT molecular complexity index is 260. The lowest BCUT2D eigenvalue weighted by Gasteiger charge is -2.39. The van der Waals surface area contributed by atoms with E-state index in [1.54, 1.807) is 4.90 Å². The van der Waals surface area contributed by atoms with Crippen molar-refractivity contribution in [3.8, 4) is 0 Å². The molecule has 4 heteroatoms. The molecule has 1 aliphatic heterocycles. The molecule has 0 aromatic heterocycles. The highest BCUT2D eigenvalue weighted by Crippen LogP contribution is 2.23. The van der Waals surface area contributed by atoms with Crippen molar-refractivity contribution in [1.29, 1.82) is 0 Å². The van der Waals surface area contributed by atoms with Crippen LogP contribution in [0.5, 0.6) is 0 Å². The quantitative estimate of drug-likeness (QED) is 0.811. The van der Waals surface area contributed by atoms with Gasteiger partial charge in [0, 0.05) is 6.54 Å². The van der Waals surface area contributed by atoms with Crippen molar-refractivity contribution in [2.75, 3.05) is 6.54 Å². The van der Waals surface area contributed by atoms with Crippen molar-refractivity contribution < 1.29 is 14.6 Å². The monoisotopic (exact) mass is 243 g/mol. The van der Waals surface area contributed by atoms with Gasteiger partial charge in [-0.05, 0) is 40.0 Å². The number of amides is 1. The van der Waals surface area contributed by atoms with Gasteiger partial charge in [0.1, 0.15) is 5.60 Å². The van der Waals surface area contributed by atoms with Gasteiger partial charge in [0.25, 0.3) is 0 Å². The Morgan fingerprint density at radius 1 is 1.47 bits per heavy atom. The number of likely N-dealkylation sites (tertiary alicyclic amines) is 1. The van der Waals surface area contributed by atoms with Gasteiger partial charge >= 0.3 is 6.09 Å². The highest BCUT2D eigenvalue weighted by molar-refractivity contribution is 5.68. The number of aliphatic hydroxyl groups is 1. The summed E-state index contributed by atoms with van der Waals surface area (Å²) in [7, 11) is 0. The zero-order valence-electron chi connectivity index (χ0n) is 11.4. The molecule has 2 atom stereocenters. The second kappa shape index (κ2) is 5.71. The van der Waals surface area contributed by atoms with Crippen molar-refractivity contribution in [3.05, 3.63) is 0 Å². The standard InChI is InChI=1S/C13H25NO3/c1-5-7-10-11(15)8-6-9-14(10)12(16)17-13(2,3)4/h10-11,15H,5-9H2,1-4H3/t10-,11-/m1/s1. The molecule has 1 aliphatic rings. The Morgan fingerprint density at radius 2 is 2.12 bits per heavy atom. The molecule has 1 saturated heterocycles. The van der Waals surface area contributed by atoms with E-state index >= 15 is 0 Å². The summed E-state index contributed by atoms with van der Waals surface area (Å²) in [5.74, 6) is 0. The molecule has 1 amide bonds. The summed E-state index contributed by atoms with van der Waals surface area (Å²) in [4.78, 5) is 13.7. The number of ether oxygens (including phenoxy) is 1. The lowest BCUT2D eigenvalue weighted by atomic mass is 9.95. The summed E-state index contributed by atoms with van der Waals surface area (Å²) in [5.41, 5.74) is -0.476. The number of nitrogens with zero attached hydrogens (tertiary/aromatic N) is 1. The van der Waals surface area contributed by atoms with E-state index in [1.165, 1.54) is 0 Å². The molecule has 0 aliphatic carbocycles. The largest absolute Gasteiger partial charge is 0.444 e. The van der Waals surface area contributed by atoms with Crippen molar-refractivity contribution in [2.24, 2.45) is 0 Å². The second-order valence-electron chi connectivity index (χ2n) is 5.74. The highest BCUT2D eigenvalue weighted by atomic mass is 16.6. The first-order valence-electron chi connectivity index (χ1n) is 6.53. The van der Waals surface area contributed by atoms with Gasteiger partial charge in [0.15, 0.2) is 0 Å². The second-order valence-corrected chi connectivity index (χ2v) is 5.74. The SMILES string of the molecule is CCC[C@@H]1[C@H](O)CCCN1C(=O)OC(C)(C)C. The minimum atomic E-state index is -0.476. The van der Waals surface area contributed by atoms with E-state index < -0.39 is 11.7 Å². The molecule has 0 radical (unpaired) electrons. The van der Waals surface area contributed by atoms with Crippen molar-refractivity contribution in [3.63, 3.8) is 0 Å². The van der Waals surface area contributed by atoms with Gasteiger partial charge in [0.05, 0.1) is 12.1 Å². The molecule has 1 heterocycles. The number of piperidine rings is 1. The first-order chi connectivity index (χ1) is 7.85. The molecule has 0 unspecified atom stereocenters. The van der Waals surface area contributed by atoms with E-state index in [2.05, 4.69) is 6.92 Å². The molecule has 4 nitrogen and oxygen atoms in total. The van der Waals surface area contributed by atoms with Crippen LogP contribution < -0.4 is 0 Å². The maximum absolute atomic E-state index is 12.0. The Balaban J connectivity index is 2.68. The lowest BCUT2D eigenvalue weighted by molar-refractivity contribution is -0.0250. The fourth-order valence-corrected chi connectivity index (χ4v) is 2.23. The van der Waals surface area contributed by atoms with Gasteiger partial charge in [-0.2, -0.15) is 0 Å². The zero-order valence-corrected chi connectivity index (χ0v) is 11.4. The summed E-state index contributed by atoms with van der Waals surface area (Å²) < 4.78 is 5.38. The van der Waals surface area contributed by atoms with Crippen LogP contribution in [0.1, 0.15) is 53.4 Å². The van der Waals surface area contributed by atoms with Crippen LogP contribution in [0.4, 0.5) is 4.79 Å². The molecule has 1 rings (SSSR count). The lowest BCUT2D eigenvalue weighted by Crippen LogP contribution is -2.52. The molecule has 1 N–H and O–H groups in total. The van der Waals surface area contributed by atoms with Crippen LogP contribution in [0.3, 0.4) is 0 Å². The summed E-state index contributed by atoms with van der Waals surface area (Å²) in [5, 5.41) is 9.97. The van der Waals surface area contributed by atoms with E-state index in [0.29, 0.717) is 6.54 Å². The fourth-order valence-electron chi connectivity index (χ4n) is 2.23. The maximum Gasteiger partial charge on any atom is 0.410 e. The van der Waals surface area contributed by atoms with Gasteiger partial charge in [-0.25, -0.2) is 4.79 Å². The van der Waals surface area contributed by atoms with Gasteiger partial charge in [-0.3, -0.25) is 0 Å². The minimum Gasteiger partial charge on any atom is -0.444 e. The molecular formula is C13H25NO3. The third kappa shape index (κ3) is 4.19. The summed E-state index contributed by atoms with van der Waals surface area (Å²) in [6.45, 7) is 8.34. The minimum absolute atomic E-state index is 0.0800. The molecule has 0 bridgehead atoms. The Hall–Kier alpha value is -0.770. The van der Waals surface area contributed by atoms with Crippen LogP contribution in [-0.4, -0.2) is 40.4 Å². The fraction of sp³-hybridized carbons (Fsp3) is 0.923. The average molecular weight is 243 g/mol. The first-order valence-corrected chi connectivity index (χ1v) is 6.53. The van der Waals surface area contributed by atoms with Crippen LogP contribution in [0.15, 0.2) is 0 Å². The van der Waals surface area contributed by atoms with Gasteiger partial charge in [0.2, 0.25) is 0 Å². The molecule has 0 spiro atoms. The van der Waals surface area contributed by atoms with Gasteiger partial charge < -0.3 is 14.7 Å². The smallest absolute Gasteiger partial charge is 0.410 e. The predicted octanol–water partition coefficient (Wildman–Crippen LogP) is 2.55. The summed E-state index contributed by atoms with van der Waals surface area (Å²) in [6.07, 6.45) is 2.72.